The minimum Gasteiger partial charge on any atom is -0.355 e. The maximum atomic E-state index is 12.0. The summed E-state index contributed by atoms with van der Waals surface area (Å²) in [6.45, 7) is 4.39. The van der Waals surface area contributed by atoms with Crippen LogP contribution in [0.5, 0.6) is 0 Å². The molecule has 1 atom stereocenters. The van der Waals surface area contributed by atoms with Gasteiger partial charge in [-0.1, -0.05) is 30.3 Å². The lowest BCUT2D eigenvalue weighted by Gasteiger charge is -2.33. The van der Waals surface area contributed by atoms with Gasteiger partial charge in [0, 0.05) is 51.7 Å². The number of carbonyl (C=O) groups is 1. The molecule has 1 N–H and O–H groups in total. The molecule has 2 heterocycles. The molecule has 0 aromatic heterocycles. The van der Waals surface area contributed by atoms with Gasteiger partial charge in [0.1, 0.15) is 0 Å². The predicted octanol–water partition coefficient (Wildman–Crippen LogP) is 0.280. The molecule has 132 valence electrons. The van der Waals surface area contributed by atoms with E-state index < -0.39 is 9.84 Å². The number of rotatable bonds is 4. The van der Waals surface area contributed by atoms with E-state index in [9.17, 15) is 13.2 Å². The third-order valence-corrected chi connectivity index (χ3v) is 6.47. The van der Waals surface area contributed by atoms with Gasteiger partial charge in [0.2, 0.25) is 5.91 Å². The van der Waals surface area contributed by atoms with E-state index in [1.54, 1.807) is 0 Å². The molecule has 6 nitrogen and oxygen atoms in total. The van der Waals surface area contributed by atoms with Gasteiger partial charge in [-0.2, -0.15) is 0 Å². The zero-order chi connectivity index (χ0) is 17.0. The van der Waals surface area contributed by atoms with E-state index in [0.29, 0.717) is 26.1 Å². The molecular weight excluding hydrogens is 326 g/mol. The van der Waals surface area contributed by atoms with Crippen molar-refractivity contribution in [2.75, 3.05) is 50.8 Å². The molecule has 0 spiro atoms. The van der Waals surface area contributed by atoms with Crippen LogP contribution in [0.4, 0.5) is 0 Å². The fraction of sp³-hybridized carbons (Fsp3) is 0.588. The van der Waals surface area contributed by atoms with Crippen LogP contribution in [0.3, 0.4) is 0 Å². The zero-order valence-electron chi connectivity index (χ0n) is 13.9. The lowest BCUT2D eigenvalue weighted by molar-refractivity contribution is -0.121. The first kappa shape index (κ1) is 17.4. The summed E-state index contributed by atoms with van der Waals surface area (Å²) in [6, 6.07) is 10.2. The van der Waals surface area contributed by atoms with E-state index in [2.05, 4.69) is 27.2 Å². The first-order chi connectivity index (χ1) is 11.5. The van der Waals surface area contributed by atoms with Crippen LogP contribution in [0, 0.1) is 0 Å². The normalized spacial score (nSPS) is 25.8. The molecule has 24 heavy (non-hydrogen) atoms. The van der Waals surface area contributed by atoms with Crippen LogP contribution < -0.4 is 5.32 Å². The molecule has 1 aromatic rings. The van der Waals surface area contributed by atoms with Crippen molar-refractivity contribution in [2.45, 2.75) is 12.5 Å². The van der Waals surface area contributed by atoms with Gasteiger partial charge >= 0.3 is 0 Å². The van der Waals surface area contributed by atoms with Gasteiger partial charge in [0.25, 0.3) is 0 Å². The summed E-state index contributed by atoms with van der Waals surface area (Å²) in [6.07, 6.45) is 0.471. The van der Waals surface area contributed by atoms with Crippen molar-refractivity contribution < 1.29 is 13.2 Å². The molecule has 2 fully saturated rings. The number of sulfone groups is 1. The Hall–Kier alpha value is -1.44. The lowest BCUT2D eigenvalue weighted by Crippen LogP contribution is -2.44. The standard InChI is InChI=1S/C17H25N3O3S/c21-17-14-16(15-4-2-1-3-5-15)20(7-6-18-17)9-8-19-10-12-24(22,23)13-11-19/h1-5,16H,6-14H2,(H,18,21). The highest BCUT2D eigenvalue weighted by molar-refractivity contribution is 7.91. The summed E-state index contributed by atoms with van der Waals surface area (Å²) < 4.78 is 23.1. The molecule has 1 amide bonds. The first-order valence-corrected chi connectivity index (χ1v) is 10.3. The number of hydrogen-bond donors (Lipinski definition) is 1. The average Bonchev–Trinajstić information content (AvgIpc) is 2.76. The molecule has 0 saturated carbocycles. The highest BCUT2D eigenvalue weighted by Crippen LogP contribution is 2.25. The summed E-state index contributed by atoms with van der Waals surface area (Å²) in [4.78, 5) is 16.5. The van der Waals surface area contributed by atoms with Crippen LogP contribution in [-0.2, 0) is 14.6 Å². The fourth-order valence-electron chi connectivity index (χ4n) is 3.39. The van der Waals surface area contributed by atoms with Crippen molar-refractivity contribution in [2.24, 2.45) is 0 Å². The Morgan fingerprint density at radius 2 is 1.75 bits per heavy atom. The summed E-state index contributed by atoms with van der Waals surface area (Å²) in [5.74, 6) is 0.611. The van der Waals surface area contributed by atoms with Gasteiger partial charge in [-0.25, -0.2) is 8.42 Å². The van der Waals surface area contributed by atoms with Crippen LogP contribution >= 0.6 is 0 Å². The summed E-state index contributed by atoms with van der Waals surface area (Å²) in [7, 11) is -2.84. The van der Waals surface area contributed by atoms with E-state index in [1.165, 1.54) is 0 Å². The SMILES string of the molecule is O=C1CC(c2ccccc2)N(CCN2CCS(=O)(=O)CC2)CCN1. The van der Waals surface area contributed by atoms with Gasteiger partial charge in [-0.15, -0.1) is 0 Å². The van der Waals surface area contributed by atoms with Crippen LogP contribution in [0.1, 0.15) is 18.0 Å². The monoisotopic (exact) mass is 351 g/mol. The Balaban J connectivity index is 1.64. The highest BCUT2D eigenvalue weighted by Gasteiger charge is 2.27. The molecule has 1 aromatic carbocycles. The van der Waals surface area contributed by atoms with Crippen molar-refractivity contribution in [1.82, 2.24) is 15.1 Å². The van der Waals surface area contributed by atoms with E-state index in [4.69, 9.17) is 0 Å². The summed E-state index contributed by atoms with van der Waals surface area (Å²) >= 11 is 0. The Morgan fingerprint density at radius 3 is 2.46 bits per heavy atom. The fourth-order valence-corrected chi connectivity index (χ4v) is 4.66. The van der Waals surface area contributed by atoms with Crippen molar-refractivity contribution in [3.63, 3.8) is 0 Å². The minimum absolute atomic E-state index is 0.0854. The van der Waals surface area contributed by atoms with Gasteiger partial charge in [0.15, 0.2) is 9.84 Å². The molecule has 3 rings (SSSR count). The summed E-state index contributed by atoms with van der Waals surface area (Å²) in [5.41, 5.74) is 1.16. The number of nitrogens with one attached hydrogen (secondary N) is 1. The molecule has 7 heteroatoms. The second-order valence-electron chi connectivity index (χ2n) is 6.51. The molecule has 2 saturated heterocycles. The Labute approximate surface area is 143 Å². The Morgan fingerprint density at radius 1 is 1.04 bits per heavy atom. The second kappa shape index (κ2) is 7.63. The van der Waals surface area contributed by atoms with Gasteiger partial charge in [0.05, 0.1) is 11.5 Å². The van der Waals surface area contributed by atoms with E-state index in [0.717, 1.165) is 25.2 Å². The van der Waals surface area contributed by atoms with Crippen LogP contribution in [-0.4, -0.2) is 74.9 Å². The van der Waals surface area contributed by atoms with Crippen LogP contribution in [0.15, 0.2) is 30.3 Å². The number of carbonyl (C=O) groups excluding carboxylic acids is 1. The maximum Gasteiger partial charge on any atom is 0.221 e. The maximum absolute atomic E-state index is 12.0. The van der Waals surface area contributed by atoms with E-state index >= 15 is 0 Å². The minimum atomic E-state index is -2.84. The van der Waals surface area contributed by atoms with Crippen LogP contribution in [0.25, 0.3) is 0 Å². The highest BCUT2D eigenvalue weighted by atomic mass is 32.2. The Kier molecular flexibility index (Phi) is 5.53. The summed E-state index contributed by atoms with van der Waals surface area (Å²) in [5, 5.41) is 2.95. The molecule has 0 radical (unpaired) electrons. The third kappa shape index (κ3) is 4.55. The van der Waals surface area contributed by atoms with E-state index in [-0.39, 0.29) is 23.5 Å². The number of hydrogen-bond acceptors (Lipinski definition) is 5. The second-order valence-corrected chi connectivity index (χ2v) is 8.81. The predicted molar refractivity (Wildman–Crippen MR) is 93.5 cm³/mol. The quantitative estimate of drug-likeness (QED) is 0.844. The van der Waals surface area contributed by atoms with Gasteiger partial charge in [-0.3, -0.25) is 9.69 Å². The number of amides is 1. The molecule has 0 aliphatic carbocycles. The van der Waals surface area contributed by atoms with Crippen LogP contribution in [0.2, 0.25) is 0 Å². The Bertz CT molecular complexity index is 649. The zero-order valence-corrected chi connectivity index (χ0v) is 14.7. The van der Waals surface area contributed by atoms with Gasteiger partial charge in [-0.05, 0) is 5.56 Å². The number of benzene rings is 1. The van der Waals surface area contributed by atoms with E-state index in [1.807, 2.05) is 18.2 Å². The number of nitrogens with zero attached hydrogens (tertiary/aromatic N) is 2. The lowest BCUT2D eigenvalue weighted by atomic mass is 10.0. The third-order valence-electron chi connectivity index (χ3n) is 4.87. The first-order valence-electron chi connectivity index (χ1n) is 8.52. The van der Waals surface area contributed by atoms with Crippen molar-refractivity contribution in [3.05, 3.63) is 35.9 Å². The van der Waals surface area contributed by atoms with Crippen molar-refractivity contribution in [3.8, 4) is 0 Å². The molecule has 2 aliphatic rings. The van der Waals surface area contributed by atoms with Gasteiger partial charge < -0.3 is 10.2 Å². The molecule has 2 aliphatic heterocycles. The molecule has 0 bridgehead atoms. The van der Waals surface area contributed by atoms with Crippen molar-refractivity contribution >= 4 is 15.7 Å². The topological polar surface area (TPSA) is 69.7 Å². The smallest absolute Gasteiger partial charge is 0.221 e. The average molecular weight is 351 g/mol. The molecule has 1 unspecified atom stereocenters. The largest absolute Gasteiger partial charge is 0.355 e. The molecular formula is C17H25N3O3S. The van der Waals surface area contributed by atoms with Crippen molar-refractivity contribution in [1.29, 1.82) is 0 Å².